The van der Waals surface area contributed by atoms with Crippen molar-refractivity contribution in [2.24, 2.45) is 0 Å². The number of benzene rings is 2. The maximum Gasteiger partial charge on any atom is 0.329 e. The maximum absolute atomic E-state index is 12.0. The van der Waals surface area contributed by atoms with Gasteiger partial charge in [0.15, 0.2) is 0 Å². The lowest BCUT2D eigenvalue weighted by atomic mass is 10.1. The molecule has 168 valence electrons. The van der Waals surface area contributed by atoms with E-state index in [-0.39, 0.29) is 18.0 Å². The fourth-order valence-electron chi connectivity index (χ4n) is 3.18. The van der Waals surface area contributed by atoms with Crippen LogP contribution in [-0.2, 0) is 20.3 Å². The summed E-state index contributed by atoms with van der Waals surface area (Å²) < 4.78 is 11.0. The molecule has 2 rings (SSSR count). The zero-order chi connectivity index (χ0) is 22.5. The van der Waals surface area contributed by atoms with Crippen molar-refractivity contribution in [2.45, 2.75) is 57.5 Å². The Hall–Kier alpha value is -2.47. The third-order valence-electron chi connectivity index (χ3n) is 4.74. The van der Waals surface area contributed by atoms with E-state index in [2.05, 4.69) is 10.6 Å². The van der Waals surface area contributed by atoms with E-state index in [1.807, 2.05) is 30.3 Å². The van der Waals surface area contributed by atoms with Crippen molar-refractivity contribution in [1.29, 1.82) is 0 Å². The standard InChI is InChI=1S/C23H31N2O5P/c26-22(24-20-10-6-5-7-11-20)12-8-3-1-2-4-9-13-23(27)25-21-16-14-19(15-17-21)18-31(28,29)30/h5-7,10-11,14-17H,1-4,8-9,12-13,18H2,(H,24,26)(H,25,27)(H2,28,29,30). The van der Waals surface area contributed by atoms with Gasteiger partial charge >= 0.3 is 7.60 Å². The van der Waals surface area contributed by atoms with Crippen LogP contribution in [-0.4, -0.2) is 21.6 Å². The Balaban J connectivity index is 1.49. The fourth-order valence-corrected chi connectivity index (χ4v) is 3.86. The van der Waals surface area contributed by atoms with Crippen molar-refractivity contribution in [1.82, 2.24) is 0 Å². The third kappa shape index (κ3) is 11.5. The van der Waals surface area contributed by atoms with Gasteiger partial charge in [0.05, 0.1) is 6.16 Å². The first-order valence-electron chi connectivity index (χ1n) is 10.6. The summed E-state index contributed by atoms with van der Waals surface area (Å²) in [5.41, 5.74) is 1.97. The fraction of sp³-hybridized carbons (Fsp3) is 0.391. The highest BCUT2D eigenvalue weighted by Gasteiger charge is 2.13. The van der Waals surface area contributed by atoms with Gasteiger partial charge < -0.3 is 20.4 Å². The first-order valence-corrected chi connectivity index (χ1v) is 12.4. The van der Waals surface area contributed by atoms with Gasteiger partial charge in [-0.05, 0) is 42.7 Å². The zero-order valence-electron chi connectivity index (χ0n) is 17.6. The molecule has 0 aromatic heterocycles. The minimum Gasteiger partial charge on any atom is -0.326 e. The Bertz CT molecular complexity index is 865. The second-order valence-corrected chi connectivity index (χ2v) is 9.25. The number of carbonyl (C=O) groups excluding carboxylic acids is 2. The number of hydrogen-bond acceptors (Lipinski definition) is 3. The molecule has 31 heavy (non-hydrogen) atoms. The van der Waals surface area contributed by atoms with Gasteiger partial charge in [0.25, 0.3) is 0 Å². The highest BCUT2D eigenvalue weighted by molar-refractivity contribution is 7.50. The van der Waals surface area contributed by atoms with Crippen LogP contribution in [0.2, 0.25) is 0 Å². The van der Waals surface area contributed by atoms with Crippen molar-refractivity contribution in [2.75, 3.05) is 10.6 Å². The molecule has 7 nitrogen and oxygen atoms in total. The van der Waals surface area contributed by atoms with E-state index in [4.69, 9.17) is 9.79 Å². The summed E-state index contributed by atoms with van der Waals surface area (Å²) in [4.78, 5) is 41.8. The third-order valence-corrected chi connectivity index (χ3v) is 5.52. The molecular formula is C23H31N2O5P. The van der Waals surface area contributed by atoms with Gasteiger partial charge in [-0.15, -0.1) is 0 Å². The first-order chi connectivity index (χ1) is 14.8. The molecule has 2 aromatic rings. The maximum atomic E-state index is 12.0. The molecule has 2 amide bonds. The summed E-state index contributed by atoms with van der Waals surface area (Å²) in [5.74, 6) is -0.0297. The van der Waals surface area contributed by atoms with Gasteiger partial charge in [0.1, 0.15) is 0 Å². The van der Waals surface area contributed by atoms with E-state index < -0.39 is 7.60 Å². The zero-order valence-corrected chi connectivity index (χ0v) is 18.5. The predicted octanol–water partition coefficient (Wildman–Crippen LogP) is 5.06. The Kier molecular flexibility index (Phi) is 10.4. The normalized spacial score (nSPS) is 11.2. The number of carbonyl (C=O) groups is 2. The molecule has 0 atom stereocenters. The van der Waals surface area contributed by atoms with Crippen molar-refractivity contribution >= 4 is 30.8 Å². The largest absolute Gasteiger partial charge is 0.329 e. The molecule has 0 unspecified atom stereocenters. The average molecular weight is 446 g/mol. The number of unbranched alkanes of at least 4 members (excludes halogenated alkanes) is 5. The molecule has 0 heterocycles. The Labute approximate surface area is 183 Å². The summed E-state index contributed by atoms with van der Waals surface area (Å²) >= 11 is 0. The van der Waals surface area contributed by atoms with E-state index in [9.17, 15) is 14.2 Å². The number of hydrogen-bond donors (Lipinski definition) is 4. The predicted molar refractivity (Wildman–Crippen MR) is 123 cm³/mol. The average Bonchev–Trinajstić information content (AvgIpc) is 2.71. The van der Waals surface area contributed by atoms with Crippen LogP contribution in [0.4, 0.5) is 11.4 Å². The van der Waals surface area contributed by atoms with E-state index >= 15 is 0 Å². The first kappa shape index (κ1) is 24.8. The smallest absolute Gasteiger partial charge is 0.326 e. The lowest BCUT2D eigenvalue weighted by Crippen LogP contribution is -2.11. The highest BCUT2D eigenvalue weighted by atomic mass is 31.2. The van der Waals surface area contributed by atoms with E-state index in [1.165, 1.54) is 0 Å². The monoisotopic (exact) mass is 446 g/mol. The Morgan fingerprint density at radius 2 is 1.13 bits per heavy atom. The minimum absolute atomic E-state index is 0.0395. The SMILES string of the molecule is O=C(CCCCCCCCC(=O)Nc1ccc(CP(=O)(O)O)cc1)Nc1ccccc1. The van der Waals surface area contributed by atoms with Crippen LogP contribution in [0.1, 0.15) is 56.9 Å². The van der Waals surface area contributed by atoms with Crippen LogP contribution in [0.25, 0.3) is 0 Å². The summed E-state index contributed by atoms with van der Waals surface area (Å²) in [6.45, 7) is 0. The second kappa shape index (κ2) is 13.1. The van der Waals surface area contributed by atoms with Crippen LogP contribution in [0.15, 0.2) is 54.6 Å². The van der Waals surface area contributed by atoms with Crippen molar-refractivity contribution in [3.8, 4) is 0 Å². The summed E-state index contributed by atoms with van der Waals surface area (Å²) in [6, 6.07) is 15.9. The summed E-state index contributed by atoms with van der Waals surface area (Å²) in [5, 5.41) is 5.68. The quantitative estimate of drug-likeness (QED) is 0.253. The second-order valence-electron chi connectivity index (χ2n) is 7.60. The lowest BCUT2D eigenvalue weighted by Gasteiger charge is -2.08. The van der Waals surface area contributed by atoms with Crippen LogP contribution in [0.3, 0.4) is 0 Å². The topological polar surface area (TPSA) is 116 Å². The molecule has 8 heteroatoms. The van der Waals surface area contributed by atoms with Gasteiger partial charge in [-0.2, -0.15) is 0 Å². The molecule has 2 aromatic carbocycles. The van der Waals surface area contributed by atoms with E-state index in [1.54, 1.807) is 24.3 Å². The summed E-state index contributed by atoms with van der Waals surface area (Å²) in [7, 11) is -4.09. The molecule has 0 fully saturated rings. The number of rotatable bonds is 13. The molecule has 4 N–H and O–H groups in total. The molecule has 0 aliphatic heterocycles. The van der Waals surface area contributed by atoms with Gasteiger partial charge in [0, 0.05) is 24.2 Å². The molecule has 0 saturated heterocycles. The number of amides is 2. The number of nitrogens with one attached hydrogen (secondary N) is 2. The lowest BCUT2D eigenvalue weighted by molar-refractivity contribution is -0.117. The van der Waals surface area contributed by atoms with Crippen molar-refractivity contribution in [3.63, 3.8) is 0 Å². The van der Waals surface area contributed by atoms with E-state index in [0.717, 1.165) is 44.2 Å². The molecule has 0 aliphatic rings. The van der Waals surface area contributed by atoms with Gasteiger partial charge in [-0.25, -0.2) is 0 Å². The van der Waals surface area contributed by atoms with Gasteiger partial charge in [-0.1, -0.05) is 56.0 Å². The molecule has 0 bridgehead atoms. The summed E-state index contributed by atoms with van der Waals surface area (Å²) in [6.07, 6.45) is 6.34. The van der Waals surface area contributed by atoms with Crippen LogP contribution < -0.4 is 10.6 Å². The van der Waals surface area contributed by atoms with E-state index in [0.29, 0.717) is 24.1 Å². The molecule has 0 saturated carbocycles. The number of anilines is 2. The van der Waals surface area contributed by atoms with Crippen LogP contribution in [0.5, 0.6) is 0 Å². The van der Waals surface area contributed by atoms with Gasteiger partial charge in [-0.3, -0.25) is 14.2 Å². The Morgan fingerprint density at radius 1 is 0.677 bits per heavy atom. The van der Waals surface area contributed by atoms with Crippen LogP contribution in [0, 0.1) is 0 Å². The van der Waals surface area contributed by atoms with Crippen molar-refractivity contribution < 1.29 is 23.9 Å². The number of para-hydroxylation sites is 1. The molecular weight excluding hydrogens is 415 g/mol. The molecule has 0 spiro atoms. The Morgan fingerprint density at radius 3 is 1.61 bits per heavy atom. The minimum atomic E-state index is -4.09. The van der Waals surface area contributed by atoms with Gasteiger partial charge in [0.2, 0.25) is 11.8 Å². The molecule has 0 radical (unpaired) electrons. The van der Waals surface area contributed by atoms with Crippen LogP contribution >= 0.6 is 7.60 Å². The highest BCUT2D eigenvalue weighted by Crippen LogP contribution is 2.39. The molecule has 0 aliphatic carbocycles. The van der Waals surface area contributed by atoms with Crippen molar-refractivity contribution in [3.05, 3.63) is 60.2 Å².